The number of nitrogens with zero attached hydrogens (tertiary/aromatic N) is 1. The van der Waals surface area contributed by atoms with Gasteiger partial charge in [0.25, 0.3) is 0 Å². The molecule has 1 fully saturated rings. The van der Waals surface area contributed by atoms with Crippen LogP contribution < -0.4 is 5.32 Å². The average molecular weight is 285 g/mol. The van der Waals surface area contributed by atoms with Crippen LogP contribution in [-0.4, -0.2) is 36.1 Å². The maximum atomic E-state index is 3.50. The molecule has 1 aromatic carbocycles. The van der Waals surface area contributed by atoms with Gasteiger partial charge < -0.3 is 10.3 Å². The van der Waals surface area contributed by atoms with Crippen molar-refractivity contribution in [2.45, 2.75) is 45.2 Å². The van der Waals surface area contributed by atoms with E-state index in [0.717, 1.165) is 19.5 Å². The molecule has 1 aliphatic rings. The van der Waals surface area contributed by atoms with Crippen LogP contribution in [0.15, 0.2) is 24.4 Å². The minimum atomic E-state index is 0.708. The minimum Gasteiger partial charge on any atom is -0.361 e. The summed E-state index contributed by atoms with van der Waals surface area (Å²) in [6.07, 6.45) is 7.16. The van der Waals surface area contributed by atoms with Gasteiger partial charge in [0.15, 0.2) is 0 Å². The number of hydrogen-bond donors (Lipinski definition) is 2. The van der Waals surface area contributed by atoms with Gasteiger partial charge in [-0.2, -0.15) is 0 Å². The Balaban J connectivity index is 1.78. The van der Waals surface area contributed by atoms with Crippen molar-refractivity contribution in [1.82, 2.24) is 15.2 Å². The second-order valence-electron chi connectivity index (χ2n) is 6.26. The van der Waals surface area contributed by atoms with Crippen LogP contribution in [0.1, 0.15) is 37.3 Å². The van der Waals surface area contributed by atoms with E-state index < -0.39 is 0 Å². The first-order valence-electron chi connectivity index (χ1n) is 8.28. The van der Waals surface area contributed by atoms with Gasteiger partial charge in [0.2, 0.25) is 0 Å². The average Bonchev–Trinajstić information content (AvgIpc) is 2.75. The van der Waals surface area contributed by atoms with Crippen molar-refractivity contribution in [1.29, 1.82) is 0 Å². The van der Waals surface area contributed by atoms with Gasteiger partial charge in [0.05, 0.1) is 0 Å². The topological polar surface area (TPSA) is 31.1 Å². The van der Waals surface area contributed by atoms with Crippen molar-refractivity contribution in [2.24, 2.45) is 0 Å². The van der Waals surface area contributed by atoms with Gasteiger partial charge in [-0.15, -0.1) is 0 Å². The number of aromatic amines is 1. The molecule has 1 atom stereocenters. The monoisotopic (exact) mass is 285 g/mol. The fraction of sp³-hybridized carbons (Fsp3) is 0.556. The Bertz CT molecular complexity index is 579. The predicted molar refractivity (Wildman–Crippen MR) is 89.7 cm³/mol. The van der Waals surface area contributed by atoms with E-state index in [0.29, 0.717) is 6.04 Å². The molecule has 0 amide bonds. The summed E-state index contributed by atoms with van der Waals surface area (Å²) in [5.74, 6) is 0. The fourth-order valence-corrected chi connectivity index (χ4v) is 3.54. The summed E-state index contributed by atoms with van der Waals surface area (Å²) in [7, 11) is 2.28. The first kappa shape index (κ1) is 14.6. The number of H-pyrrole nitrogens is 1. The van der Waals surface area contributed by atoms with Gasteiger partial charge in [0, 0.05) is 29.7 Å². The van der Waals surface area contributed by atoms with Gasteiger partial charge in [-0.3, -0.25) is 4.90 Å². The van der Waals surface area contributed by atoms with Gasteiger partial charge in [0.1, 0.15) is 0 Å². The fourth-order valence-electron chi connectivity index (χ4n) is 3.54. The molecule has 0 radical (unpaired) electrons. The first-order chi connectivity index (χ1) is 10.3. The maximum absolute atomic E-state index is 3.50. The zero-order valence-electron chi connectivity index (χ0n) is 13.3. The highest BCUT2D eigenvalue weighted by Gasteiger charge is 2.18. The molecule has 0 aliphatic carbocycles. The number of aromatic nitrogens is 1. The van der Waals surface area contributed by atoms with Gasteiger partial charge in [-0.1, -0.05) is 25.1 Å². The molecule has 3 heteroatoms. The van der Waals surface area contributed by atoms with E-state index in [1.54, 1.807) is 0 Å². The summed E-state index contributed by atoms with van der Waals surface area (Å²) in [4.78, 5) is 6.03. The summed E-state index contributed by atoms with van der Waals surface area (Å²) in [5.41, 5.74) is 4.17. The Hall–Kier alpha value is -1.32. The van der Waals surface area contributed by atoms with E-state index in [2.05, 4.69) is 53.6 Å². The van der Waals surface area contributed by atoms with Crippen molar-refractivity contribution in [3.63, 3.8) is 0 Å². The maximum Gasteiger partial charge on any atom is 0.0489 e. The lowest BCUT2D eigenvalue weighted by atomic mass is 10.0. The third-order valence-electron chi connectivity index (χ3n) is 4.86. The minimum absolute atomic E-state index is 0.708. The Morgan fingerprint density at radius 1 is 1.19 bits per heavy atom. The van der Waals surface area contributed by atoms with Crippen LogP contribution in [0.4, 0.5) is 0 Å². The van der Waals surface area contributed by atoms with E-state index in [-0.39, 0.29) is 0 Å². The van der Waals surface area contributed by atoms with Crippen LogP contribution in [0.25, 0.3) is 10.9 Å². The Labute approximate surface area is 127 Å². The van der Waals surface area contributed by atoms with Crippen LogP contribution in [0.3, 0.4) is 0 Å². The number of nitrogens with one attached hydrogen (secondary N) is 2. The molecule has 2 heterocycles. The van der Waals surface area contributed by atoms with E-state index in [4.69, 9.17) is 0 Å². The quantitative estimate of drug-likeness (QED) is 0.903. The lowest BCUT2D eigenvalue weighted by molar-refractivity contribution is 0.217. The van der Waals surface area contributed by atoms with E-state index >= 15 is 0 Å². The zero-order valence-corrected chi connectivity index (χ0v) is 13.3. The van der Waals surface area contributed by atoms with Crippen LogP contribution in [0.2, 0.25) is 0 Å². The molecular weight excluding hydrogens is 258 g/mol. The Morgan fingerprint density at radius 3 is 2.95 bits per heavy atom. The summed E-state index contributed by atoms with van der Waals surface area (Å²) in [6, 6.07) is 7.37. The molecule has 2 aromatic rings. The molecule has 0 saturated carbocycles. The molecule has 114 valence electrons. The molecule has 1 aromatic heterocycles. The molecule has 1 aliphatic heterocycles. The third kappa shape index (κ3) is 3.14. The lowest BCUT2D eigenvalue weighted by Crippen LogP contribution is -2.31. The van der Waals surface area contributed by atoms with E-state index in [9.17, 15) is 0 Å². The van der Waals surface area contributed by atoms with Gasteiger partial charge in [-0.05, 0) is 56.9 Å². The summed E-state index contributed by atoms with van der Waals surface area (Å²) in [5, 5.41) is 4.90. The van der Waals surface area contributed by atoms with Crippen LogP contribution in [0, 0.1) is 0 Å². The molecule has 0 bridgehead atoms. The number of hydrogen-bond acceptors (Lipinski definition) is 2. The number of para-hydroxylation sites is 1. The molecule has 21 heavy (non-hydrogen) atoms. The Morgan fingerprint density at radius 2 is 2.10 bits per heavy atom. The van der Waals surface area contributed by atoms with E-state index in [1.807, 2.05) is 0 Å². The highest BCUT2D eigenvalue weighted by Crippen LogP contribution is 2.24. The van der Waals surface area contributed by atoms with Crippen LogP contribution in [-0.2, 0) is 13.0 Å². The van der Waals surface area contributed by atoms with Crippen molar-refractivity contribution in [3.8, 4) is 0 Å². The summed E-state index contributed by atoms with van der Waals surface area (Å²) < 4.78 is 0. The van der Waals surface area contributed by atoms with Crippen molar-refractivity contribution in [2.75, 3.05) is 20.1 Å². The number of fused-ring (bicyclic) bond motifs is 1. The highest BCUT2D eigenvalue weighted by molar-refractivity contribution is 5.86. The normalized spacial score (nSPS) is 20.0. The SMILES string of the molecule is CCc1cccc2c(CN(C)C3CCCNCC3)c[nH]c12. The summed E-state index contributed by atoms with van der Waals surface area (Å²) >= 11 is 0. The number of benzene rings is 1. The van der Waals surface area contributed by atoms with Gasteiger partial charge in [-0.25, -0.2) is 0 Å². The molecule has 3 rings (SSSR count). The standard InChI is InChI=1S/C18H27N3/c1-3-14-6-4-8-17-15(12-20-18(14)17)13-21(2)16-7-5-10-19-11-9-16/h4,6,8,12,16,19-20H,3,5,7,9-11,13H2,1-2H3. The number of aryl methyl sites for hydroxylation is 1. The van der Waals surface area contributed by atoms with Crippen molar-refractivity contribution < 1.29 is 0 Å². The second kappa shape index (κ2) is 6.63. The lowest BCUT2D eigenvalue weighted by Gasteiger charge is -2.26. The molecule has 1 unspecified atom stereocenters. The molecular formula is C18H27N3. The van der Waals surface area contributed by atoms with Crippen molar-refractivity contribution >= 4 is 10.9 Å². The summed E-state index contributed by atoms with van der Waals surface area (Å²) in [6.45, 7) is 5.60. The molecule has 0 spiro atoms. The first-order valence-corrected chi connectivity index (χ1v) is 8.28. The van der Waals surface area contributed by atoms with Gasteiger partial charge >= 0.3 is 0 Å². The molecule has 3 nitrogen and oxygen atoms in total. The molecule has 1 saturated heterocycles. The smallest absolute Gasteiger partial charge is 0.0489 e. The molecule has 2 N–H and O–H groups in total. The third-order valence-corrected chi connectivity index (χ3v) is 4.86. The van der Waals surface area contributed by atoms with Crippen molar-refractivity contribution in [3.05, 3.63) is 35.5 Å². The largest absolute Gasteiger partial charge is 0.361 e. The number of rotatable bonds is 4. The highest BCUT2D eigenvalue weighted by atomic mass is 15.1. The van der Waals surface area contributed by atoms with Crippen LogP contribution >= 0.6 is 0 Å². The van der Waals surface area contributed by atoms with E-state index in [1.165, 1.54) is 47.8 Å². The predicted octanol–water partition coefficient (Wildman–Crippen LogP) is 3.30. The van der Waals surface area contributed by atoms with Crippen LogP contribution in [0.5, 0.6) is 0 Å². The Kier molecular flexibility index (Phi) is 4.61. The second-order valence-corrected chi connectivity index (χ2v) is 6.26. The zero-order chi connectivity index (χ0) is 14.7.